The number of alkyl carbamates (subject to hydrolysis) is 1. The van der Waals surface area contributed by atoms with Crippen LogP contribution in [0.5, 0.6) is 0 Å². The number of rotatable bonds is 2. The highest BCUT2D eigenvalue weighted by Crippen LogP contribution is 2.33. The number of alkyl halides is 3. The van der Waals surface area contributed by atoms with Gasteiger partial charge in [-0.05, 0) is 19.1 Å². The molecule has 0 aromatic carbocycles. The maximum absolute atomic E-state index is 12.5. The molecule has 10 heteroatoms. The van der Waals surface area contributed by atoms with Gasteiger partial charge in [0.25, 0.3) is 0 Å². The van der Waals surface area contributed by atoms with Crippen LogP contribution in [0.1, 0.15) is 12.5 Å². The number of hydrogen-bond acceptors (Lipinski definition) is 4. The summed E-state index contributed by atoms with van der Waals surface area (Å²) in [6, 6.07) is 0. The van der Waals surface area contributed by atoms with Crippen LogP contribution in [0.2, 0.25) is 0 Å². The first kappa shape index (κ1) is 14.2. The third-order valence-electron chi connectivity index (χ3n) is 1.67. The molecule has 0 aliphatic heterocycles. The molecule has 0 spiro atoms. The molecule has 0 aliphatic rings. The zero-order valence-corrected chi connectivity index (χ0v) is 9.91. The maximum Gasteiger partial charge on any atom is 0.421 e. The molecule has 1 aromatic rings. The summed E-state index contributed by atoms with van der Waals surface area (Å²) in [6.45, 7) is 1.69. The van der Waals surface area contributed by atoms with Gasteiger partial charge in [-0.2, -0.15) is 18.3 Å². The number of aromatic amines is 1. The molecule has 0 radical (unpaired) electrons. The summed E-state index contributed by atoms with van der Waals surface area (Å²) in [4.78, 5) is 11.0. The van der Waals surface area contributed by atoms with Crippen molar-refractivity contribution in [3.63, 3.8) is 0 Å². The van der Waals surface area contributed by atoms with Crippen LogP contribution in [0, 0.1) is 0 Å². The van der Waals surface area contributed by atoms with Gasteiger partial charge in [-0.25, -0.2) is 4.79 Å². The highest BCUT2D eigenvalue weighted by atomic mass is 32.1. The number of ether oxygens (including phenoxy) is 1. The van der Waals surface area contributed by atoms with Crippen molar-refractivity contribution < 1.29 is 22.7 Å². The molecule has 1 aromatic heterocycles. The van der Waals surface area contributed by atoms with Crippen molar-refractivity contribution in [1.29, 1.82) is 0 Å². The van der Waals surface area contributed by atoms with Crippen molar-refractivity contribution in [2.24, 2.45) is 0 Å². The lowest BCUT2D eigenvalue weighted by atomic mass is 10.3. The molecule has 1 amide bonds. The summed E-state index contributed by atoms with van der Waals surface area (Å²) in [7, 11) is 0. The quantitative estimate of drug-likeness (QED) is 0.722. The Hall–Kier alpha value is -1.84. The largest absolute Gasteiger partial charge is 0.450 e. The molecule has 3 N–H and O–H groups in total. The Morgan fingerprint density at radius 1 is 1.61 bits per heavy atom. The average Bonchev–Trinajstić information content (AvgIpc) is 2.64. The van der Waals surface area contributed by atoms with Gasteiger partial charge in [0.2, 0.25) is 0 Å². The molecule has 100 valence electrons. The van der Waals surface area contributed by atoms with Crippen molar-refractivity contribution in [1.82, 2.24) is 15.5 Å². The maximum atomic E-state index is 12.5. The topological polar surface area (TPSA) is 79.0 Å². The Kier molecular flexibility index (Phi) is 4.48. The van der Waals surface area contributed by atoms with Gasteiger partial charge in [0.05, 0.1) is 12.8 Å². The van der Waals surface area contributed by atoms with Crippen LogP contribution in [0.4, 0.5) is 23.8 Å². The van der Waals surface area contributed by atoms with Gasteiger partial charge < -0.3 is 10.1 Å². The molecule has 1 heterocycles. The van der Waals surface area contributed by atoms with Crippen LogP contribution in [-0.2, 0) is 10.9 Å². The Morgan fingerprint density at radius 3 is 2.83 bits per heavy atom. The van der Waals surface area contributed by atoms with E-state index in [4.69, 9.17) is 0 Å². The molecule has 1 rings (SSSR count). The molecular formula is C8H9F3N4O2S. The second kappa shape index (κ2) is 5.67. The lowest BCUT2D eigenvalue weighted by Gasteiger charge is -2.10. The molecule has 0 bridgehead atoms. The summed E-state index contributed by atoms with van der Waals surface area (Å²) in [5.41, 5.74) is -1.02. The predicted octanol–water partition coefficient (Wildman–Crippen LogP) is 1.87. The Morgan fingerprint density at radius 2 is 2.28 bits per heavy atom. The molecule has 0 aliphatic carbocycles. The number of nitrogens with zero attached hydrogens (tertiary/aromatic N) is 1. The summed E-state index contributed by atoms with van der Waals surface area (Å²) in [5.74, 6) is -0.454. The second-order valence-electron chi connectivity index (χ2n) is 2.96. The summed E-state index contributed by atoms with van der Waals surface area (Å²) >= 11 is 4.64. The molecular weight excluding hydrogens is 273 g/mol. The fourth-order valence-corrected chi connectivity index (χ4v) is 1.19. The van der Waals surface area contributed by atoms with Crippen LogP contribution < -0.4 is 10.6 Å². The molecule has 0 fully saturated rings. The second-order valence-corrected chi connectivity index (χ2v) is 3.36. The summed E-state index contributed by atoms with van der Waals surface area (Å²) < 4.78 is 41.9. The lowest BCUT2D eigenvalue weighted by molar-refractivity contribution is -0.136. The van der Waals surface area contributed by atoms with E-state index in [0.29, 0.717) is 6.20 Å². The van der Waals surface area contributed by atoms with Crippen molar-refractivity contribution >= 4 is 29.2 Å². The van der Waals surface area contributed by atoms with Gasteiger partial charge in [-0.15, -0.1) is 0 Å². The molecule has 0 saturated carbocycles. The first-order chi connectivity index (χ1) is 8.34. The van der Waals surface area contributed by atoms with E-state index in [-0.39, 0.29) is 11.7 Å². The highest BCUT2D eigenvalue weighted by molar-refractivity contribution is 7.80. The van der Waals surface area contributed by atoms with Crippen LogP contribution in [0.25, 0.3) is 0 Å². The minimum atomic E-state index is -4.57. The van der Waals surface area contributed by atoms with Crippen LogP contribution in [-0.4, -0.2) is 28.0 Å². The standard InChI is InChI=1S/C8H9F3N4O2S/c1-2-17-7(16)14-6(18)13-5-4(3-12-15-5)8(9,10)11/h3H,2H2,1H3,(H3,12,13,14,15,16,18). The molecule has 0 saturated heterocycles. The van der Waals surface area contributed by atoms with Crippen molar-refractivity contribution in [2.45, 2.75) is 13.1 Å². The molecule has 0 atom stereocenters. The van der Waals surface area contributed by atoms with Gasteiger partial charge in [-0.1, -0.05) is 0 Å². The van der Waals surface area contributed by atoms with E-state index in [1.54, 1.807) is 6.92 Å². The number of halogens is 3. The van der Waals surface area contributed by atoms with E-state index < -0.39 is 23.7 Å². The van der Waals surface area contributed by atoms with Gasteiger partial charge in [0, 0.05) is 0 Å². The monoisotopic (exact) mass is 282 g/mol. The number of thiocarbonyl (C=S) groups is 1. The zero-order valence-electron chi connectivity index (χ0n) is 9.09. The summed E-state index contributed by atoms with van der Waals surface area (Å²) in [5, 5.41) is 9.21. The predicted molar refractivity (Wildman–Crippen MR) is 60.0 cm³/mol. The van der Waals surface area contributed by atoms with E-state index in [0.717, 1.165) is 0 Å². The lowest BCUT2D eigenvalue weighted by Crippen LogP contribution is -2.35. The minimum absolute atomic E-state index is 0.117. The number of amides is 1. The number of hydrogen-bond donors (Lipinski definition) is 3. The fraction of sp³-hybridized carbons (Fsp3) is 0.375. The zero-order chi connectivity index (χ0) is 13.8. The fourth-order valence-electron chi connectivity index (χ4n) is 1.00. The average molecular weight is 282 g/mol. The van der Waals surface area contributed by atoms with Crippen LogP contribution >= 0.6 is 12.2 Å². The van der Waals surface area contributed by atoms with Crippen molar-refractivity contribution in [2.75, 3.05) is 11.9 Å². The highest BCUT2D eigenvalue weighted by Gasteiger charge is 2.35. The summed E-state index contributed by atoms with van der Waals surface area (Å²) in [6.07, 6.45) is -4.83. The third-order valence-corrected chi connectivity index (χ3v) is 1.88. The van der Waals surface area contributed by atoms with E-state index >= 15 is 0 Å². The van der Waals surface area contributed by atoms with Crippen LogP contribution in [0.15, 0.2) is 6.20 Å². The number of anilines is 1. The van der Waals surface area contributed by atoms with Gasteiger partial charge in [0.1, 0.15) is 11.4 Å². The Bertz CT molecular complexity index is 446. The van der Waals surface area contributed by atoms with E-state index in [1.807, 2.05) is 5.32 Å². The minimum Gasteiger partial charge on any atom is -0.450 e. The Labute approximate surface area is 105 Å². The number of carbonyl (C=O) groups excluding carboxylic acids is 1. The van der Waals surface area contributed by atoms with E-state index in [9.17, 15) is 18.0 Å². The third kappa shape index (κ3) is 3.87. The number of H-pyrrole nitrogens is 1. The van der Waals surface area contributed by atoms with Crippen molar-refractivity contribution in [3.05, 3.63) is 11.8 Å². The van der Waals surface area contributed by atoms with Gasteiger partial charge in [-0.3, -0.25) is 10.4 Å². The van der Waals surface area contributed by atoms with Gasteiger partial charge in [0.15, 0.2) is 5.11 Å². The molecule has 0 unspecified atom stereocenters. The molecule has 18 heavy (non-hydrogen) atoms. The SMILES string of the molecule is CCOC(=O)NC(=S)Nc1[nH]ncc1C(F)(F)F. The first-order valence-corrected chi connectivity index (χ1v) is 5.10. The number of nitrogens with one attached hydrogen (secondary N) is 3. The first-order valence-electron chi connectivity index (χ1n) is 4.70. The smallest absolute Gasteiger partial charge is 0.421 e. The van der Waals surface area contributed by atoms with E-state index in [1.165, 1.54) is 0 Å². The van der Waals surface area contributed by atoms with Crippen LogP contribution in [0.3, 0.4) is 0 Å². The van der Waals surface area contributed by atoms with E-state index in [2.05, 4.69) is 32.5 Å². The number of carbonyl (C=O) groups is 1. The number of aromatic nitrogens is 2. The normalized spacial score (nSPS) is 10.9. The van der Waals surface area contributed by atoms with Gasteiger partial charge >= 0.3 is 12.3 Å². The molecule has 6 nitrogen and oxygen atoms in total. The Balaban J connectivity index is 2.66. The van der Waals surface area contributed by atoms with Crippen molar-refractivity contribution in [3.8, 4) is 0 Å².